The molecule has 1 aromatic heterocycles. The first-order valence-electron chi connectivity index (χ1n) is 8.13. The van der Waals surface area contributed by atoms with Crippen molar-refractivity contribution in [1.29, 1.82) is 0 Å². The van der Waals surface area contributed by atoms with E-state index in [0.717, 1.165) is 18.5 Å². The minimum Gasteiger partial charge on any atom is -0.497 e. The van der Waals surface area contributed by atoms with Gasteiger partial charge >= 0.3 is 5.69 Å². The Labute approximate surface area is 163 Å². The molecule has 0 atom stereocenters. The Balaban J connectivity index is 2.03. The summed E-state index contributed by atoms with van der Waals surface area (Å²) in [6.45, 7) is 0. The molecule has 0 amide bonds. The average Bonchev–Trinajstić information content (AvgIpc) is 2.70. The van der Waals surface area contributed by atoms with Crippen molar-refractivity contribution in [2.24, 2.45) is 0 Å². The second-order valence-corrected chi connectivity index (χ2v) is 5.62. The molecule has 0 aliphatic carbocycles. The van der Waals surface area contributed by atoms with Gasteiger partial charge < -0.3 is 20.1 Å². The van der Waals surface area contributed by atoms with E-state index in [4.69, 9.17) is 9.47 Å². The summed E-state index contributed by atoms with van der Waals surface area (Å²) in [6.07, 6.45) is 1.06. The van der Waals surface area contributed by atoms with Crippen LogP contribution in [0.5, 0.6) is 11.5 Å². The third-order valence-electron chi connectivity index (χ3n) is 3.85. The fourth-order valence-electron chi connectivity index (χ4n) is 2.49. The third kappa shape index (κ3) is 4.29. The van der Waals surface area contributed by atoms with E-state index in [-0.39, 0.29) is 17.3 Å². The molecule has 0 saturated heterocycles. The highest BCUT2D eigenvalue weighted by Crippen LogP contribution is 2.37. The maximum absolute atomic E-state index is 13.9. The van der Waals surface area contributed by atoms with Crippen LogP contribution in [0.2, 0.25) is 0 Å². The molecule has 0 unspecified atom stereocenters. The minimum atomic E-state index is -0.929. The molecule has 0 bridgehead atoms. The van der Waals surface area contributed by atoms with Crippen LogP contribution in [0.25, 0.3) is 0 Å². The van der Waals surface area contributed by atoms with Crippen LogP contribution in [0.4, 0.5) is 37.5 Å². The van der Waals surface area contributed by atoms with Crippen molar-refractivity contribution < 1.29 is 23.2 Å². The van der Waals surface area contributed by atoms with Crippen molar-refractivity contribution in [3.8, 4) is 11.5 Å². The Bertz CT molecular complexity index is 1060. The van der Waals surface area contributed by atoms with Crippen LogP contribution in [0.3, 0.4) is 0 Å². The van der Waals surface area contributed by atoms with Crippen molar-refractivity contribution >= 4 is 28.7 Å². The maximum Gasteiger partial charge on any atom is 0.353 e. The third-order valence-corrected chi connectivity index (χ3v) is 3.85. The zero-order valence-corrected chi connectivity index (χ0v) is 15.3. The van der Waals surface area contributed by atoms with Gasteiger partial charge in [0.2, 0.25) is 11.6 Å². The van der Waals surface area contributed by atoms with Gasteiger partial charge in [0, 0.05) is 12.1 Å². The van der Waals surface area contributed by atoms with Crippen LogP contribution < -0.4 is 20.1 Å². The van der Waals surface area contributed by atoms with Gasteiger partial charge in [-0.15, -0.1) is 0 Å². The molecule has 11 heteroatoms. The van der Waals surface area contributed by atoms with Crippen molar-refractivity contribution in [2.45, 2.75) is 0 Å². The summed E-state index contributed by atoms with van der Waals surface area (Å²) >= 11 is 0. The summed E-state index contributed by atoms with van der Waals surface area (Å²) in [5.41, 5.74) is -0.369. The highest BCUT2D eigenvalue weighted by molar-refractivity contribution is 5.78. The number of hydrogen-bond donors (Lipinski definition) is 2. The number of rotatable bonds is 7. The first kappa shape index (κ1) is 19.7. The summed E-state index contributed by atoms with van der Waals surface area (Å²) in [6, 6.07) is 7.60. The molecule has 3 aromatic rings. The van der Waals surface area contributed by atoms with E-state index in [0.29, 0.717) is 23.3 Å². The lowest BCUT2D eigenvalue weighted by Crippen LogP contribution is -2.07. The molecule has 3 rings (SSSR count). The second-order valence-electron chi connectivity index (χ2n) is 5.62. The van der Waals surface area contributed by atoms with Crippen LogP contribution in [0.15, 0.2) is 42.7 Å². The molecule has 2 aromatic carbocycles. The minimum absolute atomic E-state index is 0.165. The van der Waals surface area contributed by atoms with Gasteiger partial charge in [0.15, 0.2) is 0 Å². The van der Waals surface area contributed by atoms with Gasteiger partial charge in [-0.3, -0.25) is 10.1 Å². The number of halogens is 2. The molecular formula is C18H15F2N5O4. The molecule has 2 N–H and O–H groups in total. The second kappa shape index (κ2) is 8.33. The summed E-state index contributed by atoms with van der Waals surface area (Å²) in [7, 11) is 2.91. The Morgan fingerprint density at radius 3 is 2.24 bits per heavy atom. The Kier molecular flexibility index (Phi) is 5.67. The molecule has 0 spiro atoms. The number of nitrogens with zero attached hydrogens (tertiary/aromatic N) is 3. The average molecular weight is 403 g/mol. The zero-order chi connectivity index (χ0) is 21.0. The van der Waals surface area contributed by atoms with Gasteiger partial charge in [-0.1, -0.05) is 0 Å². The van der Waals surface area contributed by atoms with Gasteiger partial charge in [-0.25, -0.2) is 18.7 Å². The number of hydrogen-bond acceptors (Lipinski definition) is 8. The molecule has 1 heterocycles. The lowest BCUT2D eigenvalue weighted by atomic mass is 10.2. The largest absolute Gasteiger partial charge is 0.497 e. The van der Waals surface area contributed by atoms with E-state index in [1.54, 1.807) is 18.2 Å². The predicted molar refractivity (Wildman–Crippen MR) is 101 cm³/mol. The summed E-state index contributed by atoms with van der Waals surface area (Å²) < 4.78 is 37.4. The summed E-state index contributed by atoms with van der Waals surface area (Å²) in [5.74, 6) is -1.28. The molecule has 29 heavy (non-hydrogen) atoms. The normalized spacial score (nSPS) is 10.3. The molecular weight excluding hydrogens is 388 g/mol. The molecule has 150 valence electrons. The highest BCUT2D eigenvalue weighted by Gasteiger charge is 2.25. The first-order chi connectivity index (χ1) is 13.9. The zero-order valence-electron chi connectivity index (χ0n) is 15.3. The molecule has 0 saturated carbocycles. The Morgan fingerprint density at radius 2 is 1.66 bits per heavy atom. The fraction of sp³-hybridized carbons (Fsp3) is 0.111. The molecule has 0 radical (unpaired) electrons. The van der Waals surface area contributed by atoms with Gasteiger partial charge in [0.05, 0.1) is 30.5 Å². The van der Waals surface area contributed by atoms with Gasteiger partial charge in [0.25, 0.3) is 0 Å². The Morgan fingerprint density at radius 1 is 0.966 bits per heavy atom. The fourth-order valence-corrected chi connectivity index (χ4v) is 2.49. The number of methoxy groups -OCH3 is 2. The van der Waals surface area contributed by atoms with E-state index >= 15 is 0 Å². The predicted octanol–water partition coefficient (Wildman–Crippen LogP) is 4.17. The Hall–Kier alpha value is -4.02. The van der Waals surface area contributed by atoms with Crippen molar-refractivity contribution in [3.63, 3.8) is 0 Å². The number of nitro groups is 1. The van der Waals surface area contributed by atoms with Crippen LogP contribution in [0.1, 0.15) is 0 Å². The molecule has 9 nitrogen and oxygen atoms in total. The summed E-state index contributed by atoms with van der Waals surface area (Å²) in [5, 5.41) is 17.0. The van der Waals surface area contributed by atoms with E-state index < -0.39 is 22.2 Å². The smallest absolute Gasteiger partial charge is 0.353 e. The lowest BCUT2D eigenvalue weighted by molar-refractivity contribution is -0.383. The van der Waals surface area contributed by atoms with E-state index in [1.807, 2.05) is 0 Å². The molecule has 0 aliphatic heterocycles. The van der Waals surface area contributed by atoms with E-state index in [1.165, 1.54) is 14.2 Å². The number of ether oxygens (including phenoxy) is 2. The number of nitrogens with one attached hydrogen (secondary N) is 2. The van der Waals surface area contributed by atoms with Crippen LogP contribution in [0, 0.1) is 21.7 Å². The summed E-state index contributed by atoms with van der Waals surface area (Å²) in [4.78, 5) is 18.7. The number of benzene rings is 2. The lowest BCUT2D eigenvalue weighted by Gasteiger charge is -2.13. The molecule has 0 fully saturated rings. The van der Waals surface area contributed by atoms with Gasteiger partial charge in [-0.2, -0.15) is 0 Å². The van der Waals surface area contributed by atoms with E-state index in [9.17, 15) is 18.9 Å². The van der Waals surface area contributed by atoms with Crippen LogP contribution in [-0.4, -0.2) is 29.1 Å². The highest BCUT2D eigenvalue weighted by atomic mass is 19.1. The quantitative estimate of drug-likeness (QED) is 0.447. The standard InChI is InChI=1S/C18H15F2N5O4/c1-28-11-4-6-15(29-2)14(8-11)24-18-16(25(26)27)17(21-9-22-18)23-13-5-3-10(19)7-12(13)20/h3-9H,1-2H3,(H2,21,22,23,24). The SMILES string of the molecule is COc1ccc(OC)c(Nc2ncnc(Nc3ccc(F)cc3F)c2[N+](=O)[O-])c1. The van der Waals surface area contributed by atoms with E-state index in [2.05, 4.69) is 20.6 Å². The molecule has 0 aliphatic rings. The topological polar surface area (TPSA) is 111 Å². The van der Waals surface area contributed by atoms with Crippen molar-refractivity contribution in [2.75, 3.05) is 24.9 Å². The number of anilines is 4. The van der Waals surface area contributed by atoms with Crippen molar-refractivity contribution in [3.05, 3.63) is 64.5 Å². The van der Waals surface area contributed by atoms with Gasteiger partial charge in [-0.05, 0) is 24.3 Å². The first-order valence-corrected chi connectivity index (χ1v) is 8.13. The van der Waals surface area contributed by atoms with Crippen molar-refractivity contribution in [1.82, 2.24) is 9.97 Å². The van der Waals surface area contributed by atoms with Crippen LogP contribution >= 0.6 is 0 Å². The number of aromatic nitrogens is 2. The van der Waals surface area contributed by atoms with Crippen LogP contribution in [-0.2, 0) is 0 Å². The monoisotopic (exact) mass is 403 g/mol. The maximum atomic E-state index is 13.9. The van der Waals surface area contributed by atoms with Gasteiger partial charge in [0.1, 0.15) is 29.5 Å².